The van der Waals surface area contributed by atoms with Gasteiger partial charge in [0.2, 0.25) is 0 Å². The van der Waals surface area contributed by atoms with E-state index in [2.05, 4.69) is 36.3 Å². The summed E-state index contributed by atoms with van der Waals surface area (Å²) < 4.78 is 0. The fourth-order valence-electron chi connectivity index (χ4n) is 2.40. The van der Waals surface area contributed by atoms with Crippen molar-refractivity contribution in [2.75, 3.05) is 11.9 Å². The van der Waals surface area contributed by atoms with Gasteiger partial charge in [0.1, 0.15) is 5.82 Å². The van der Waals surface area contributed by atoms with Crippen molar-refractivity contribution < 1.29 is 5.11 Å². The van der Waals surface area contributed by atoms with Crippen LogP contribution in [0.25, 0.3) is 0 Å². The van der Waals surface area contributed by atoms with Crippen molar-refractivity contribution in [3.63, 3.8) is 0 Å². The van der Waals surface area contributed by atoms with E-state index in [1.165, 1.54) is 24.1 Å². The van der Waals surface area contributed by atoms with Gasteiger partial charge in [-0.2, -0.15) is 0 Å². The van der Waals surface area contributed by atoms with E-state index in [9.17, 15) is 0 Å². The lowest BCUT2D eigenvalue weighted by Crippen LogP contribution is -2.27. The summed E-state index contributed by atoms with van der Waals surface area (Å²) >= 11 is 0. The molecule has 1 aliphatic carbocycles. The Morgan fingerprint density at radius 3 is 2.88 bits per heavy atom. The lowest BCUT2D eigenvalue weighted by molar-refractivity contribution is 0.267. The highest BCUT2D eigenvalue weighted by atomic mass is 16.3. The Morgan fingerprint density at radius 1 is 1.35 bits per heavy atom. The van der Waals surface area contributed by atoms with E-state index in [4.69, 9.17) is 5.11 Å². The predicted molar refractivity (Wildman–Crippen MR) is 70.2 cm³/mol. The Labute approximate surface area is 103 Å². The molecule has 0 amide bonds. The first kappa shape index (κ1) is 12.4. The average Bonchev–Trinajstić information content (AvgIpc) is 2.75. The van der Waals surface area contributed by atoms with E-state index >= 15 is 0 Å². The van der Waals surface area contributed by atoms with Gasteiger partial charge in [-0.05, 0) is 43.2 Å². The predicted octanol–water partition coefficient (Wildman–Crippen LogP) is 2.39. The summed E-state index contributed by atoms with van der Waals surface area (Å²) in [5.74, 6) is 1.45. The van der Waals surface area contributed by atoms with Gasteiger partial charge in [-0.15, -0.1) is 0 Å². The molecule has 1 aliphatic rings. The normalized spacial score (nSPS) is 16.0. The molecule has 0 saturated heterocycles. The molecule has 0 fully saturated rings. The van der Waals surface area contributed by atoms with Crippen LogP contribution < -0.4 is 5.32 Å². The van der Waals surface area contributed by atoms with Gasteiger partial charge in [-0.25, -0.2) is 4.98 Å². The smallest absolute Gasteiger partial charge is 0.126 e. The van der Waals surface area contributed by atoms with Crippen molar-refractivity contribution in [2.45, 2.75) is 45.6 Å². The molecule has 0 aliphatic heterocycles. The Bertz CT molecular complexity index is 376. The Morgan fingerprint density at radius 2 is 2.18 bits per heavy atom. The van der Waals surface area contributed by atoms with Gasteiger partial charge in [0, 0.05) is 18.3 Å². The molecule has 0 saturated carbocycles. The Hall–Kier alpha value is -1.09. The molecular weight excluding hydrogens is 212 g/mol. The maximum Gasteiger partial charge on any atom is 0.126 e. The first-order valence-corrected chi connectivity index (χ1v) is 6.57. The fourth-order valence-corrected chi connectivity index (χ4v) is 2.40. The number of aliphatic hydroxyl groups excluding tert-OH is 1. The summed E-state index contributed by atoms with van der Waals surface area (Å²) in [6.07, 6.45) is 4.29. The Balaban J connectivity index is 2.07. The molecule has 1 heterocycles. The summed E-state index contributed by atoms with van der Waals surface area (Å²) in [5, 5.41) is 12.5. The van der Waals surface area contributed by atoms with E-state index in [0.29, 0.717) is 12.0 Å². The van der Waals surface area contributed by atoms with Crippen LogP contribution in [-0.4, -0.2) is 22.7 Å². The summed E-state index contributed by atoms with van der Waals surface area (Å²) in [6.45, 7) is 4.56. The average molecular weight is 234 g/mol. The van der Waals surface area contributed by atoms with Crippen LogP contribution in [0.15, 0.2) is 12.1 Å². The number of anilines is 1. The van der Waals surface area contributed by atoms with Crippen molar-refractivity contribution in [3.8, 4) is 0 Å². The highest BCUT2D eigenvalue weighted by Crippen LogP contribution is 2.22. The van der Waals surface area contributed by atoms with Crippen molar-refractivity contribution in [3.05, 3.63) is 23.4 Å². The summed E-state index contributed by atoms with van der Waals surface area (Å²) in [6, 6.07) is 4.55. The summed E-state index contributed by atoms with van der Waals surface area (Å²) in [5.41, 5.74) is 2.65. The van der Waals surface area contributed by atoms with Gasteiger partial charge in [-0.1, -0.05) is 19.9 Å². The van der Waals surface area contributed by atoms with Crippen molar-refractivity contribution in [1.82, 2.24) is 4.98 Å². The second-order valence-corrected chi connectivity index (χ2v) is 5.16. The first-order valence-electron chi connectivity index (χ1n) is 6.57. The maximum absolute atomic E-state index is 9.06. The minimum Gasteiger partial charge on any atom is -0.396 e. The second-order valence-electron chi connectivity index (χ2n) is 5.16. The maximum atomic E-state index is 9.06. The highest BCUT2D eigenvalue weighted by Gasteiger charge is 2.16. The zero-order valence-corrected chi connectivity index (χ0v) is 10.7. The number of fused-ring (bicyclic) bond motifs is 1. The van der Waals surface area contributed by atoms with Gasteiger partial charge in [0.15, 0.2) is 0 Å². The number of hydrogen-bond acceptors (Lipinski definition) is 3. The fraction of sp³-hybridized carbons (Fsp3) is 0.643. The molecule has 2 rings (SSSR count). The van der Waals surface area contributed by atoms with Gasteiger partial charge >= 0.3 is 0 Å². The molecule has 0 aromatic carbocycles. The zero-order chi connectivity index (χ0) is 12.3. The molecule has 0 bridgehead atoms. The molecule has 0 spiro atoms. The molecule has 1 aromatic heterocycles. The minimum absolute atomic E-state index is 0.223. The molecule has 2 N–H and O–H groups in total. The molecular formula is C14H22N2O. The van der Waals surface area contributed by atoms with Crippen LogP contribution in [-0.2, 0) is 12.8 Å². The van der Waals surface area contributed by atoms with E-state index in [1.807, 2.05) is 0 Å². The van der Waals surface area contributed by atoms with Crippen molar-refractivity contribution in [2.24, 2.45) is 5.92 Å². The molecule has 94 valence electrons. The summed E-state index contributed by atoms with van der Waals surface area (Å²) in [4.78, 5) is 4.66. The van der Waals surface area contributed by atoms with Crippen LogP contribution in [0, 0.1) is 5.92 Å². The number of rotatable bonds is 5. The van der Waals surface area contributed by atoms with Gasteiger partial charge in [-0.3, -0.25) is 0 Å². The molecule has 3 nitrogen and oxygen atoms in total. The first-order chi connectivity index (χ1) is 8.20. The number of nitrogens with one attached hydrogen (secondary N) is 1. The van der Waals surface area contributed by atoms with E-state index in [0.717, 1.165) is 18.7 Å². The van der Waals surface area contributed by atoms with Crippen LogP contribution in [0.4, 0.5) is 5.82 Å². The van der Waals surface area contributed by atoms with Crippen LogP contribution in [0.2, 0.25) is 0 Å². The molecule has 1 atom stereocenters. The second kappa shape index (κ2) is 5.50. The largest absolute Gasteiger partial charge is 0.396 e. The number of nitrogens with zero attached hydrogens (tertiary/aromatic N) is 1. The number of aliphatic hydroxyl groups is 1. The monoisotopic (exact) mass is 234 g/mol. The Kier molecular flexibility index (Phi) is 4.00. The third kappa shape index (κ3) is 2.97. The lowest BCUT2D eigenvalue weighted by Gasteiger charge is -2.22. The SMILES string of the molecule is CC(C)C(CCO)Nc1ccc2c(n1)CCC2. The van der Waals surface area contributed by atoms with E-state index in [-0.39, 0.29) is 6.61 Å². The molecule has 1 unspecified atom stereocenters. The van der Waals surface area contributed by atoms with Gasteiger partial charge in [0.05, 0.1) is 0 Å². The third-order valence-corrected chi connectivity index (χ3v) is 3.51. The zero-order valence-electron chi connectivity index (χ0n) is 10.7. The van der Waals surface area contributed by atoms with Crippen LogP contribution >= 0.6 is 0 Å². The van der Waals surface area contributed by atoms with Gasteiger partial charge < -0.3 is 10.4 Å². The standard InChI is InChI=1S/C14H22N2O/c1-10(2)12(8-9-17)15-14-7-6-11-4-3-5-13(11)16-14/h6-7,10,12,17H,3-5,8-9H2,1-2H3,(H,15,16). The third-order valence-electron chi connectivity index (χ3n) is 3.51. The molecule has 17 heavy (non-hydrogen) atoms. The van der Waals surface area contributed by atoms with Crippen LogP contribution in [0.5, 0.6) is 0 Å². The highest BCUT2D eigenvalue weighted by molar-refractivity contribution is 5.41. The van der Waals surface area contributed by atoms with Gasteiger partial charge in [0.25, 0.3) is 0 Å². The number of aryl methyl sites for hydroxylation is 2. The molecule has 1 aromatic rings. The van der Waals surface area contributed by atoms with Crippen LogP contribution in [0.1, 0.15) is 37.9 Å². The van der Waals surface area contributed by atoms with Crippen molar-refractivity contribution in [1.29, 1.82) is 0 Å². The topological polar surface area (TPSA) is 45.1 Å². The lowest BCUT2D eigenvalue weighted by atomic mass is 10.0. The molecule has 0 radical (unpaired) electrons. The van der Waals surface area contributed by atoms with Crippen LogP contribution in [0.3, 0.4) is 0 Å². The summed E-state index contributed by atoms with van der Waals surface area (Å²) in [7, 11) is 0. The van der Waals surface area contributed by atoms with E-state index in [1.54, 1.807) is 0 Å². The minimum atomic E-state index is 0.223. The number of pyridine rings is 1. The van der Waals surface area contributed by atoms with E-state index < -0.39 is 0 Å². The number of hydrogen-bond donors (Lipinski definition) is 2. The number of aromatic nitrogens is 1. The quantitative estimate of drug-likeness (QED) is 0.822. The molecule has 3 heteroatoms. The van der Waals surface area contributed by atoms with Crippen molar-refractivity contribution >= 4 is 5.82 Å².